The first-order chi connectivity index (χ1) is 14.5. The fourth-order valence-electron chi connectivity index (χ4n) is 2.79. The minimum Gasteiger partial charge on any atom is -0.491 e. The van der Waals surface area contributed by atoms with E-state index in [-0.39, 0.29) is 33.0 Å². The fourth-order valence-corrected chi connectivity index (χ4v) is 4.14. The molecule has 3 rings (SSSR count). The second-order valence-electron chi connectivity index (χ2n) is 7.82. The Morgan fingerprint density at radius 3 is 2.42 bits per heavy atom. The van der Waals surface area contributed by atoms with E-state index in [0.29, 0.717) is 18.1 Å². The first kappa shape index (κ1) is 23.4. The lowest BCUT2D eigenvalue weighted by Gasteiger charge is -2.37. The maximum absolute atomic E-state index is 12.8. The third kappa shape index (κ3) is 4.97. The number of hydrogen-bond acceptors (Lipinski definition) is 8. The SMILES string of the molecule is COc1c(Cl)ccc(Cl)c1OC(=O)OC1CCN(C)C(=O)N1c1nnc(C(C)(C)C)s1. The summed E-state index contributed by atoms with van der Waals surface area (Å²) >= 11 is 13.4. The van der Waals surface area contributed by atoms with E-state index in [1.807, 2.05) is 20.8 Å². The largest absolute Gasteiger partial charge is 0.515 e. The van der Waals surface area contributed by atoms with Crippen molar-refractivity contribution in [3.63, 3.8) is 0 Å². The van der Waals surface area contributed by atoms with Crippen molar-refractivity contribution in [1.29, 1.82) is 0 Å². The molecule has 168 valence electrons. The van der Waals surface area contributed by atoms with E-state index in [0.717, 1.165) is 5.01 Å². The molecule has 1 saturated heterocycles. The quantitative estimate of drug-likeness (QED) is 0.443. The van der Waals surface area contributed by atoms with Gasteiger partial charge >= 0.3 is 12.2 Å². The van der Waals surface area contributed by atoms with Crippen LogP contribution in [0.15, 0.2) is 12.1 Å². The van der Waals surface area contributed by atoms with Gasteiger partial charge in [-0.1, -0.05) is 55.3 Å². The van der Waals surface area contributed by atoms with Crippen LogP contribution in [0.1, 0.15) is 32.2 Å². The molecule has 1 fully saturated rings. The smallest absolute Gasteiger partial charge is 0.491 e. The van der Waals surface area contributed by atoms with Crippen LogP contribution in [0.4, 0.5) is 14.7 Å². The van der Waals surface area contributed by atoms with Crippen LogP contribution in [0.25, 0.3) is 0 Å². The highest BCUT2D eigenvalue weighted by Gasteiger charge is 2.38. The van der Waals surface area contributed by atoms with Crippen LogP contribution in [0, 0.1) is 0 Å². The molecule has 9 nitrogen and oxygen atoms in total. The van der Waals surface area contributed by atoms with Crippen LogP contribution >= 0.6 is 34.5 Å². The standard InChI is InChI=1S/C19H22Cl2N4O5S/c1-19(2,3)15-22-23-16(31-15)25-12(8-9-24(4)17(25)26)29-18(27)30-14-11(21)7-6-10(20)13(14)28-5/h6-7,12H,8-9H2,1-5H3. The summed E-state index contributed by atoms with van der Waals surface area (Å²) in [5, 5.41) is 9.74. The minimum absolute atomic E-state index is 0.0709. The number of hydrogen-bond donors (Lipinski definition) is 0. The first-order valence-corrected chi connectivity index (χ1v) is 10.9. The van der Waals surface area contributed by atoms with Gasteiger partial charge in [-0.05, 0) is 12.1 Å². The first-order valence-electron chi connectivity index (χ1n) is 9.31. The Balaban J connectivity index is 1.84. The molecule has 1 aromatic heterocycles. The molecule has 1 atom stereocenters. The van der Waals surface area contributed by atoms with E-state index in [4.69, 9.17) is 37.4 Å². The van der Waals surface area contributed by atoms with Crippen molar-refractivity contribution in [3.05, 3.63) is 27.2 Å². The molecule has 0 N–H and O–H groups in total. The highest BCUT2D eigenvalue weighted by Crippen LogP contribution is 2.41. The molecule has 1 aliphatic rings. The van der Waals surface area contributed by atoms with Crippen molar-refractivity contribution in [2.45, 2.75) is 38.8 Å². The molecule has 2 amide bonds. The van der Waals surface area contributed by atoms with Gasteiger partial charge in [0.1, 0.15) is 5.01 Å². The summed E-state index contributed by atoms with van der Waals surface area (Å²) in [6.45, 7) is 6.37. The van der Waals surface area contributed by atoms with Crippen LogP contribution in [0.5, 0.6) is 11.5 Å². The Labute approximate surface area is 193 Å². The van der Waals surface area contributed by atoms with Crippen molar-refractivity contribution < 1.29 is 23.8 Å². The van der Waals surface area contributed by atoms with Gasteiger partial charge < -0.3 is 19.1 Å². The van der Waals surface area contributed by atoms with Crippen molar-refractivity contribution in [3.8, 4) is 11.5 Å². The lowest BCUT2D eigenvalue weighted by molar-refractivity contribution is 0.0429. The predicted molar refractivity (Wildman–Crippen MR) is 118 cm³/mol. The van der Waals surface area contributed by atoms with E-state index in [9.17, 15) is 9.59 Å². The van der Waals surface area contributed by atoms with Crippen molar-refractivity contribution in [1.82, 2.24) is 15.1 Å². The van der Waals surface area contributed by atoms with E-state index in [1.165, 1.54) is 40.4 Å². The van der Waals surface area contributed by atoms with Gasteiger partial charge in [0, 0.05) is 25.4 Å². The fraction of sp³-hybridized carbons (Fsp3) is 0.474. The normalized spacial score (nSPS) is 17.0. The number of benzene rings is 1. The molecule has 1 unspecified atom stereocenters. The monoisotopic (exact) mass is 488 g/mol. The zero-order valence-corrected chi connectivity index (χ0v) is 20.0. The molecule has 0 radical (unpaired) electrons. The lowest BCUT2D eigenvalue weighted by atomic mass is 9.98. The van der Waals surface area contributed by atoms with Crippen LogP contribution in [0.2, 0.25) is 10.0 Å². The van der Waals surface area contributed by atoms with E-state index < -0.39 is 12.4 Å². The Kier molecular flexibility index (Phi) is 6.82. The third-order valence-corrected chi connectivity index (χ3v) is 6.38. The number of rotatable bonds is 4. The topological polar surface area (TPSA) is 94.1 Å². The lowest BCUT2D eigenvalue weighted by Crippen LogP contribution is -2.55. The number of anilines is 1. The number of carbonyl (C=O) groups is 2. The van der Waals surface area contributed by atoms with Crippen LogP contribution in [0.3, 0.4) is 0 Å². The molecule has 2 heterocycles. The van der Waals surface area contributed by atoms with Gasteiger partial charge in [-0.25, -0.2) is 14.5 Å². The average Bonchev–Trinajstić information content (AvgIpc) is 3.18. The second-order valence-corrected chi connectivity index (χ2v) is 9.59. The number of ether oxygens (including phenoxy) is 3. The summed E-state index contributed by atoms with van der Waals surface area (Å²) < 4.78 is 15.9. The van der Waals surface area contributed by atoms with Gasteiger partial charge in [-0.3, -0.25) is 0 Å². The Hall–Kier alpha value is -2.30. The van der Waals surface area contributed by atoms with Crippen molar-refractivity contribution in [2.24, 2.45) is 0 Å². The van der Waals surface area contributed by atoms with Gasteiger partial charge in [0.25, 0.3) is 0 Å². The summed E-state index contributed by atoms with van der Waals surface area (Å²) in [5.74, 6) is 0.0276. The molecular formula is C19H22Cl2N4O5S. The van der Waals surface area contributed by atoms with E-state index in [1.54, 1.807) is 7.05 Å². The molecule has 2 aromatic rings. The van der Waals surface area contributed by atoms with Gasteiger partial charge in [0.2, 0.25) is 5.13 Å². The molecule has 12 heteroatoms. The average molecular weight is 489 g/mol. The molecule has 1 aromatic carbocycles. The maximum atomic E-state index is 12.8. The third-order valence-electron chi connectivity index (χ3n) is 4.43. The predicted octanol–water partition coefficient (Wildman–Crippen LogP) is 4.95. The van der Waals surface area contributed by atoms with E-state index >= 15 is 0 Å². The summed E-state index contributed by atoms with van der Waals surface area (Å²) in [6.07, 6.45) is -1.64. The molecule has 0 spiro atoms. The Morgan fingerprint density at radius 2 is 1.84 bits per heavy atom. The molecule has 0 saturated carbocycles. The van der Waals surface area contributed by atoms with Crippen LogP contribution in [-0.2, 0) is 10.2 Å². The number of methoxy groups -OCH3 is 1. The highest BCUT2D eigenvalue weighted by atomic mass is 35.5. The summed E-state index contributed by atoms with van der Waals surface area (Å²) in [5.41, 5.74) is -0.240. The molecule has 31 heavy (non-hydrogen) atoms. The van der Waals surface area contributed by atoms with Crippen LogP contribution in [-0.4, -0.2) is 54.2 Å². The van der Waals surface area contributed by atoms with Gasteiger partial charge in [-0.2, -0.15) is 0 Å². The van der Waals surface area contributed by atoms with Gasteiger partial charge in [0.15, 0.2) is 17.7 Å². The number of halogens is 2. The maximum Gasteiger partial charge on any atom is 0.515 e. The summed E-state index contributed by atoms with van der Waals surface area (Å²) in [7, 11) is 3.03. The molecule has 0 aliphatic carbocycles. The highest BCUT2D eigenvalue weighted by molar-refractivity contribution is 7.15. The van der Waals surface area contributed by atoms with E-state index in [2.05, 4.69) is 10.2 Å². The Morgan fingerprint density at radius 1 is 1.19 bits per heavy atom. The minimum atomic E-state index is -1.06. The summed E-state index contributed by atoms with van der Waals surface area (Å²) in [4.78, 5) is 28.2. The second kappa shape index (κ2) is 9.05. The zero-order chi connectivity index (χ0) is 22.9. The number of amides is 2. The summed E-state index contributed by atoms with van der Waals surface area (Å²) in [6, 6.07) is 2.62. The zero-order valence-electron chi connectivity index (χ0n) is 17.6. The van der Waals surface area contributed by atoms with Gasteiger partial charge in [-0.15, -0.1) is 10.2 Å². The molecule has 0 bridgehead atoms. The van der Waals surface area contributed by atoms with Crippen molar-refractivity contribution >= 4 is 51.9 Å². The number of nitrogens with zero attached hydrogens (tertiary/aromatic N) is 4. The molecule has 1 aliphatic heterocycles. The Bertz CT molecular complexity index is 994. The van der Waals surface area contributed by atoms with Crippen LogP contribution < -0.4 is 14.4 Å². The van der Waals surface area contributed by atoms with Crippen molar-refractivity contribution in [2.75, 3.05) is 25.6 Å². The number of urea groups is 1. The number of carbonyl (C=O) groups excluding carboxylic acids is 2. The number of aromatic nitrogens is 2. The van der Waals surface area contributed by atoms with Gasteiger partial charge in [0.05, 0.1) is 17.2 Å². The molecular weight excluding hydrogens is 467 g/mol.